The molecule has 150 valence electrons. The van der Waals surface area contributed by atoms with Gasteiger partial charge in [0.2, 0.25) is 5.78 Å². The van der Waals surface area contributed by atoms with E-state index >= 15 is 0 Å². The number of carbonyl (C=O) groups excluding carboxylic acids is 2. The second kappa shape index (κ2) is 8.31. The van der Waals surface area contributed by atoms with E-state index in [2.05, 4.69) is 4.74 Å². The highest BCUT2D eigenvalue weighted by Crippen LogP contribution is 2.32. The number of esters is 1. The fraction of sp³-hybridized carbons (Fsp3) is 0.261. The number of hydrogen-bond donors (Lipinski definition) is 0. The molecule has 0 fully saturated rings. The Morgan fingerprint density at radius 1 is 1.10 bits per heavy atom. The molecule has 2 aromatic carbocycles. The van der Waals surface area contributed by atoms with Gasteiger partial charge in [0.25, 0.3) is 0 Å². The summed E-state index contributed by atoms with van der Waals surface area (Å²) in [7, 11) is 1.26. The third-order valence-corrected chi connectivity index (χ3v) is 4.77. The van der Waals surface area contributed by atoms with Crippen molar-refractivity contribution in [3.8, 4) is 5.75 Å². The summed E-state index contributed by atoms with van der Waals surface area (Å²) in [6.07, 6.45) is -0.954. The average Bonchev–Trinajstić information content (AvgIpc) is 2.70. The number of aryl methyl sites for hydroxylation is 2. The van der Waals surface area contributed by atoms with Crippen molar-refractivity contribution >= 4 is 22.7 Å². The lowest BCUT2D eigenvalue weighted by atomic mass is 10.0. The van der Waals surface area contributed by atoms with Gasteiger partial charge in [0.15, 0.2) is 6.10 Å². The van der Waals surface area contributed by atoms with E-state index < -0.39 is 17.7 Å². The van der Waals surface area contributed by atoms with E-state index in [1.54, 1.807) is 50.2 Å². The highest BCUT2D eigenvalue weighted by molar-refractivity contribution is 5.99. The number of ketones is 1. The molecule has 1 atom stereocenters. The maximum atomic E-state index is 12.7. The average molecular weight is 394 g/mol. The van der Waals surface area contributed by atoms with Crippen molar-refractivity contribution in [2.24, 2.45) is 0 Å². The summed E-state index contributed by atoms with van der Waals surface area (Å²) in [5.41, 5.74) is 1.89. The van der Waals surface area contributed by atoms with Crippen LogP contribution in [0, 0.1) is 13.8 Å². The van der Waals surface area contributed by atoms with Crippen molar-refractivity contribution in [2.45, 2.75) is 33.3 Å². The minimum Gasteiger partial charge on any atom is -0.482 e. The lowest BCUT2D eigenvalue weighted by Crippen LogP contribution is -2.24. The second-order valence-corrected chi connectivity index (χ2v) is 6.87. The summed E-state index contributed by atoms with van der Waals surface area (Å²) in [6.45, 7) is 5.24. The summed E-state index contributed by atoms with van der Waals surface area (Å²) in [4.78, 5) is 36.8. The van der Waals surface area contributed by atoms with Crippen LogP contribution in [0.25, 0.3) is 11.0 Å². The maximum absolute atomic E-state index is 12.7. The van der Waals surface area contributed by atoms with Crippen molar-refractivity contribution in [3.05, 3.63) is 75.1 Å². The van der Waals surface area contributed by atoms with Crippen LogP contribution in [-0.4, -0.2) is 25.0 Å². The second-order valence-electron chi connectivity index (χ2n) is 6.87. The Balaban J connectivity index is 2.07. The minimum absolute atomic E-state index is 0.162. The Morgan fingerprint density at radius 3 is 2.45 bits per heavy atom. The summed E-state index contributed by atoms with van der Waals surface area (Å²) in [6, 6.07) is 12.4. The van der Waals surface area contributed by atoms with Crippen LogP contribution in [0.1, 0.15) is 34.0 Å². The third kappa shape index (κ3) is 4.21. The van der Waals surface area contributed by atoms with E-state index in [9.17, 15) is 14.4 Å². The summed E-state index contributed by atoms with van der Waals surface area (Å²) < 4.78 is 16.1. The topological polar surface area (TPSA) is 82.8 Å². The molecule has 0 radical (unpaired) electrons. The highest BCUT2D eigenvalue weighted by Gasteiger charge is 2.22. The Morgan fingerprint density at radius 2 is 1.79 bits per heavy atom. The predicted octanol–water partition coefficient (Wildman–Crippen LogP) is 3.78. The SMILES string of the molecule is COC(=O)Cc1c(C)c2c(O[C@H](C)C(=O)c3ccccc3)cc(C)cc2oc1=O. The number of carbonyl (C=O) groups is 2. The van der Waals surface area contributed by atoms with Gasteiger partial charge in [0, 0.05) is 5.56 Å². The van der Waals surface area contributed by atoms with Crippen LogP contribution < -0.4 is 10.4 Å². The first-order valence-corrected chi connectivity index (χ1v) is 9.21. The number of ether oxygens (including phenoxy) is 2. The van der Waals surface area contributed by atoms with E-state index in [1.165, 1.54) is 7.11 Å². The van der Waals surface area contributed by atoms with E-state index in [1.807, 2.05) is 13.0 Å². The normalized spacial score (nSPS) is 11.9. The van der Waals surface area contributed by atoms with Crippen LogP contribution in [0.2, 0.25) is 0 Å². The molecule has 0 amide bonds. The Kier molecular flexibility index (Phi) is 5.82. The maximum Gasteiger partial charge on any atom is 0.340 e. The van der Waals surface area contributed by atoms with Gasteiger partial charge in [0.05, 0.1) is 24.5 Å². The van der Waals surface area contributed by atoms with Crippen LogP contribution in [0.4, 0.5) is 0 Å². The zero-order valence-corrected chi connectivity index (χ0v) is 16.8. The monoisotopic (exact) mass is 394 g/mol. The standard InChI is InChI=1S/C23H22O6/c1-13-10-18(28-15(3)22(25)16-8-6-5-7-9-16)21-14(2)17(12-20(24)27-4)23(26)29-19(21)11-13/h5-11,15H,12H2,1-4H3/t15-/m1/s1. The van der Waals surface area contributed by atoms with E-state index in [4.69, 9.17) is 9.15 Å². The summed E-state index contributed by atoms with van der Waals surface area (Å²) in [5, 5.41) is 0.557. The molecule has 0 saturated heterocycles. The number of Topliss-reactive ketones (excluding diaryl/α,β-unsaturated/α-hetero) is 1. The number of methoxy groups -OCH3 is 1. The van der Waals surface area contributed by atoms with Crippen LogP contribution in [0.3, 0.4) is 0 Å². The molecular formula is C23H22O6. The fourth-order valence-corrected chi connectivity index (χ4v) is 3.23. The lowest BCUT2D eigenvalue weighted by molar-refractivity contribution is -0.139. The van der Waals surface area contributed by atoms with Gasteiger partial charge in [-0.05, 0) is 44.0 Å². The minimum atomic E-state index is -0.752. The summed E-state index contributed by atoms with van der Waals surface area (Å²) >= 11 is 0. The molecule has 0 aliphatic carbocycles. The molecule has 6 nitrogen and oxygen atoms in total. The highest BCUT2D eigenvalue weighted by atomic mass is 16.5. The predicted molar refractivity (Wildman–Crippen MR) is 109 cm³/mol. The van der Waals surface area contributed by atoms with Gasteiger partial charge in [-0.15, -0.1) is 0 Å². The molecule has 6 heteroatoms. The van der Waals surface area contributed by atoms with Crippen molar-refractivity contribution in [3.63, 3.8) is 0 Å². The quantitative estimate of drug-likeness (QED) is 0.359. The smallest absolute Gasteiger partial charge is 0.340 e. The van der Waals surface area contributed by atoms with Crippen LogP contribution in [-0.2, 0) is 16.0 Å². The largest absolute Gasteiger partial charge is 0.482 e. The van der Waals surface area contributed by atoms with Gasteiger partial charge >= 0.3 is 11.6 Å². The Hall–Kier alpha value is -3.41. The van der Waals surface area contributed by atoms with Gasteiger partial charge in [-0.3, -0.25) is 9.59 Å². The molecule has 3 aromatic rings. The number of benzene rings is 2. The fourth-order valence-electron chi connectivity index (χ4n) is 3.23. The van der Waals surface area contributed by atoms with Gasteiger partial charge in [-0.25, -0.2) is 4.79 Å². The lowest BCUT2D eigenvalue weighted by Gasteiger charge is -2.17. The van der Waals surface area contributed by atoms with E-state index in [0.717, 1.165) is 5.56 Å². The van der Waals surface area contributed by atoms with Crippen LogP contribution in [0.5, 0.6) is 5.75 Å². The third-order valence-electron chi connectivity index (χ3n) is 4.77. The van der Waals surface area contributed by atoms with E-state index in [-0.39, 0.29) is 17.8 Å². The van der Waals surface area contributed by atoms with Gasteiger partial charge in [0.1, 0.15) is 11.3 Å². The van der Waals surface area contributed by atoms with Gasteiger partial charge < -0.3 is 13.9 Å². The molecule has 0 N–H and O–H groups in total. The first-order valence-electron chi connectivity index (χ1n) is 9.21. The molecule has 29 heavy (non-hydrogen) atoms. The molecule has 0 bridgehead atoms. The van der Waals surface area contributed by atoms with Crippen molar-refractivity contribution in [1.82, 2.24) is 0 Å². The molecular weight excluding hydrogens is 372 g/mol. The molecule has 0 unspecified atom stereocenters. The summed E-state index contributed by atoms with van der Waals surface area (Å²) in [5.74, 6) is -0.281. The molecule has 1 aromatic heterocycles. The van der Waals surface area contributed by atoms with Gasteiger partial charge in [-0.2, -0.15) is 0 Å². The Bertz CT molecular complexity index is 1130. The molecule has 0 aliphatic rings. The van der Waals surface area contributed by atoms with Crippen LogP contribution in [0.15, 0.2) is 51.7 Å². The first kappa shape index (κ1) is 20.3. The molecule has 0 aliphatic heterocycles. The number of hydrogen-bond acceptors (Lipinski definition) is 6. The Labute approximate surface area is 168 Å². The van der Waals surface area contributed by atoms with E-state index in [0.29, 0.717) is 27.8 Å². The van der Waals surface area contributed by atoms with Crippen molar-refractivity contribution in [1.29, 1.82) is 0 Å². The van der Waals surface area contributed by atoms with Crippen molar-refractivity contribution < 1.29 is 23.5 Å². The molecule has 3 rings (SSSR count). The molecule has 0 spiro atoms. The zero-order chi connectivity index (χ0) is 21.1. The molecule has 1 heterocycles. The number of rotatable bonds is 6. The van der Waals surface area contributed by atoms with Crippen molar-refractivity contribution in [2.75, 3.05) is 7.11 Å². The number of fused-ring (bicyclic) bond motifs is 1. The zero-order valence-electron chi connectivity index (χ0n) is 16.8. The van der Waals surface area contributed by atoms with Gasteiger partial charge in [-0.1, -0.05) is 30.3 Å². The van der Waals surface area contributed by atoms with Crippen LogP contribution >= 0.6 is 0 Å². The first-order chi connectivity index (χ1) is 13.8. The molecule has 0 saturated carbocycles.